The molecule has 0 spiro atoms. The molecule has 0 fully saturated rings. The maximum atomic E-state index is 12.0. The lowest BCUT2D eigenvalue weighted by atomic mass is 10.1. The molecular weight excluding hydrogens is 346 g/mol. The van der Waals surface area contributed by atoms with Crippen LogP contribution in [0.15, 0.2) is 48.5 Å². The number of ether oxygens (including phenoxy) is 2. The zero-order valence-corrected chi connectivity index (χ0v) is 14.5. The van der Waals surface area contributed by atoms with Gasteiger partial charge in [-0.1, -0.05) is 0 Å². The number of methoxy groups -OCH3 is 1. The summed E-state index contributed by atoms with van der Waals surface area (Å²) in [6.45, 7) is -0.413. The Morgan fingerprint density at radius 2 is 1.52 bits per heavy atom. The molecule has 7 nitrogen and oxygen atoms in total. The molecule has 0 saturated carbocycles. The van der Waals surface area contributed by atoms with Crippen molar-refractivity contribution in [1.29, 1.82) is 0 Å². The van der Waals surface area contributed by atoms with Crippen LogP contribution in [0.5, 0.6) is 5.75 Å². The van der Waals surface area contributed by atoms with Gasteiger partial charge in [-0.2, -0.15) is 0 Å². The lowest BCUT2D eigenvalue weighted by Gasteiger charge is -2.07. The zero-order valence-electron chi connectivity index (χ0n) is 13.7. The van der Waals surface area contributed by atoms with E-state index in [9.17, 15) is 18.0 Å². The summed E-state index contributed by atoms with van der Waals surface area (Å²) < 4.78 is 34.5. The molecular formula is C17H17NO6S. The van der Waals surface area contributed by atoms with Gasteiger partial charge >= 0.3 is 5.97 Å². The summed E-state index contributed by atoms with van der Waals surface area (Å²) in [5.74, 6) is -0.408. The molecule has 0 atom stereocenters. The Bertz CT molecular complexity index is 857. The summed E-state index contributed by atoms with van der Waals surface area (Å²) in [6.07, 6.45) is 1.03. The Kier molecular flexibility index (Phi) is 5.76. The third kappa shape index (κ3) is 5.61. The van der Waals surface area contributed by atoms with Gasteiger partial charge in [-0.3, -0.25) is 9.52 Å². The zero-order chi connectivity index (χ0) is 18.4. The second-order valence-corrected chi connectivity index (χ2v) is 6.93. The molecule has 2 aromatic rings. The van der Waals surface area contributed by atoms with E-state index >= 15 is 0 Å². The van der Waals surface area contributed by atoms with E-state index in [4.69, 9.17) is 9.47 Å². The summed E-state index contributed by atoms with van der Waals surface area (Å²) in [5.41, 5.74) is 0.956. The van der Waals surface area contributed by atoms with Crippen LogP contribution >= 0.6 is 0 Å². The lowest BCUT2D eigenvalue weighted by Crippen LogP contribution is -2.14. The first-order valence-corrected chi connectivity index (χ1v) is 9.10. The van der Waals surface area contributed by atoms with Crippen LogP contribution in [0, 0.1) is 0 Å². The molecule has 0 aliphatic rings. The Hall–Kier alpha value is -2.87. The molecule has 2 rings (SSSR count). The minimum atomic E-state index is -3.38. The monoisotopic (exact) mass is 363 g/mol. The predicted molar refractivity (Wildman–Crippen MR) is 92.5 cm³/mol. The topological polar surface area (TPSA) is 98.8 Å². The van der Waals surface area contributed by atoms with E-state index in [-0.39, 0.29) is 0 Å². The smallest absolute Gasteiger partial charge is 0.338 e. The molecule has 0 aromatic heterocycles. The van der Waals surface area contributed by atoms with Gasteiger partial charge in [0.2, 0.25) is 10.0 Å². The van der Waals surface area contributed by atoms with Gasteiger partial charge in [-0.05, 0) is 48.5 Å². The van der Waals surface area contributed by atoms with E-state index in [0.717, 1.165) is 6.26 Å². The van der Waals surface area contributed by atoms with Crippen molar-refractivity contribution in [1.82, 2.24) is 0 Å². The van der Waals surface area contributed by atoms with Crippen LogP contribution in [-0.2, 0) is 14.8 Å². The number of rotatable bonds is 7. The Labute approximate surface area is 145 Å². The van der Waals surface area contributed by atoms with Gasteiger partial charge in [0, 0.05) is 11.3 Å². The minimum Gasteiger partial charge on any atom is -0.497 e. The number of carbonyl (C=O) groups excluding carboxylic acids is 2. The number of sulfonamides is 1. The second-order valence-electron chi connectivity index (χ2n) is 5.18. The maximum Gasteiger partial charge on any atom is 0.338 e. The van der Waals surface area contributed by atoms with Crippen molar-refractivity contribution >= 4 is 27.5 Å². The number of hydrogen-bond acceptors (Lipinski definition) is 6. The van der Waals surface area contributed by atoms with Gasteiger partial charge in [0.15, 0.2) is 12.4 Å². The van der Waals surface area contributed by atoms with Crippen LogP contribution in [-0.4, -0.2) is 40.1 Å². The van der Waals surface area contributed by atoms with E-state index in [1.165, 1.54) is 43.5 Å². The SMILES string of the molecule is COc1ccc(C(=O)OCC(=O)c2ccc(NS(C)(=O)=O)cc2)cc1. The van der Waals surface area contributed by atoms with Gasteiger partial charge in [0.1, 0.15) is 5.75 Å². The van der Waals surface area contributed by atoms with Crippen molar-refractivity contribution in [2.45, 2.75) is 0 Å². The normalized spacial score (nSPS) is 10.8. The van der Waals surface area contributed by atoms with Gasteiger partial charge in [-0.25, -0.2) is 13.2 Å². The highest BCUT2D eigenvalue weighted by atomic mass is 32.2. The van der Waals surface area contributed by atoms with Gasteiger partial charge in [0.25, 0.3) is 0 Å². The summed E-state index contributed by atoms with van der Waals surface area (Å²) >= 11 is 0. The number of benzene rings is 2. The minimum absolute atomic E-state index is 0.307. The van der Waals surface area contributed by atoms with Crippen molar-refractivity contribution in [3.05, 3.63) is 59.7 Å². The summed E-state index contributed by atoms with van der Waals surface area (Å²) in [5, 5.41) is 0. The molecule has 0 heterocycles. The number of hydrogen-bond donors (Lipinski definition) is 1. The van der Waals surface area contributed by atoms with Crippen molar-refractivity contribution in [2.75, 3.05) is 24.7 Å². The highest BCUT2D eigenvalue weighted by molar-refractivity contribution is 7.92. The first kappa shape index (κ1) is 18.5. The summed E-state index contributed by atoms with van der Waals surface area (Å²) in [6, 6.07) is 12.1. The van der Waals surface area contributed by atoms with E-state index < -0.39 is 28.4 Å². The lowest BCUT2D eigenvalue weighted by molar-refractivity contribution is 0.0474. The van der Waals surface area contributed by atoms with Gasteiger partial charge in [0.05, 0.1) is 18.9 Å². The van der Waals surface area contributed by atoms with Gasteiger partial charge < -0.3 is 9.47 Å². The fraction of sp³-hybridized carbons (Fsp3) is 0.176. The van der Waals surface area contributed by atoms with Crippen LogP contribution in [0.1, 0.15) is 20.7 Å². The van der Waals surface area contributed by atoms with E-state index in [1.54, 1.807) is 12.1 Å². The number of ketones is 1. The molecule has 0 aliphatic heterocycles. The highest BCUT2D eigenvalue weighted by Crippen LogP contribution is 2.13. The molecule has 0 aliphatic carbocycles. The standard InChI is InChI=1S/C17H17NO6S/c1-23-15-9-5-13(6-10-15)17(20)24-11-16(19)12-3-7-14(8-4-12)18-25(2,21)22/h3-10,18H,11H2,1-2H3. The van der Waals surface area contributed by atoms with Crippen LogP contribution < -0.4 is 9.46 Å². The number of esters is 1. The quantitative estimate of drug-likeness (QED) is 0.597. The van der Waals surface area contributed by atoms with Crippen molar-refractivity contribution < 1.29 is 27.5 Å². The molecule has 8 heteroatoms. The van der Waals surface area contributed by atoms with Crippen LogP contribution in [0.25, 0.3) is 0 Å². The summed E-state index contributed by atoms with van der Waals surface area (Å²) in [7, 11) is -1.86. The number of Topliss-reactive ketones (excluding diaryl/α,β-unsaturated/α-hetero) is 1. The first-order chi connectivity index (χ1) is 11.8. The molecule has 0 saturated heterocycles. The fourth-order valence-electron chi connectivity index (χ4n) is 1.96. The molecule has 132 valence electrons. The van der Waals surface area contributed by atoms with E-state index in [1.807, 2.05) is 0 Å². The number of nitrogens with one attached hydrogen (secondary N) is 1. The molecule has 0 bridgehead atoms. The first-order valence-electron chi connectivity index (χ1n) is 7.21. The summed E-state index contributed by atoms with van der Waals surface area (Å²) in [4.78, 5) is 23.9. The van der Waals surface area contributed by atoms with Crippen molar-refractivity contribution in [2.24, 2.45) is 0 Å². The number of carbonyl (C=O) groups is 2. The average Bonchev–Trinajstić information content (AvgIpc) is 2.58. The maximum absolute atomic E-state index is 12.0. The Morgan fingerprint density at radius 1 is 0.960 bits per heavy atom. The molecule has 2 aromatic carbocycles. The fourth-order valence-corrected chi connectivity index (χ4v) is 2.53. The van der Waals surface area contributed by atoms with Crippen LogP contribution in [0.3, 0.4) is 0 Å². The van der Waals surface area contributed by atoms with Crippen LogP contribution in [0.2, 0.25) is 0 Å². The average molecular weight is 363 g/mol. The molecule has 0 amide bonds. The molecule has 0 radical (unpaired) electrons. The molecule has 1 N–H and O–H groups in total. The second kappa shape index (κ2) is 7.80. The Balaban J connectivity index is 1.94. The Morgan fingerprint density at radius 3 is 2.04 bits per heavy atom. The third-order valence-electron chi connectivity index (χ3n) is 3.17. The van der Waals surface area contributed by atoms with Crippen LogP contribution in [0.4, 0.5) is 5.69 Å². The van der Waals surface area contributed by atoms with E-state index in [0.29, 0.717) is 22.6 Å². The van der Waals surface area contributed by atoms with Gasteiger partial charge in [-0.15, -0.1) is 0 Å². The molecule has 25 heavy (non-hydrogen) atoms. The van der Waals surface area contributed by atoms with Crippen molar-refractivity contribution in [3.8, 4) is 5.75 Å². The number of anilines is 1. The highest BCUT2D eigenvalue weighted by Gasteiger charge is 2.12. The largest absolute Gasteiger partial charge is 0.497 e. The molecule has 0 unspecified atom stereocenters. The van der Waals surface area contributed by atoms with E-state index in [2.05, 4.69) is 4.72 Å². The predicted octanol–water partition coefficient (Wildman–Crippen LogP) is 2.11. The van der Waals surface area contributed by atoms with Crippen molar-refractivity contribution in [3.63, 3.8) is 0 Å². The third-order valence-corrected chi connectivity index (χ3v) is 3.78.